The van der Waals surface area contributed by atoms with Crippen LogP contribution in [0, 0.1) is 0 Å². The summed E-state index contributed by atoms with van der Waals surface area (Å²) in [4.78, 5) is 23.1. The Balaban J connectivity index is 1.41. The Hall–Kier alpha value is -2.47. The summed E-state index contributed by atoms with van der Waals surface area (Å²) < 4.78 is 0. The first-order valence-corrected chi connectivity index (χ1v) is 8.76. The lowest BCUT2D eigenvalue weighted by Crippen LogP contribution is -2.38. The van der Waals surface area contributed by atoms with Crippen molar-refractivity contribution in [3.8, 4) is 0 Å². The zero-order valence-electron chi connectivity index (χ0n) is 13.7. The Morgan fingerprint density at radius 2 is 1.96 bits per heavy atom. The van der Waals surface area contributed by atoms with Gasteiger partial charge in [-0.1, -0.05) is 29.8 Å². The summed E-state index contributed by atoms with van der Waals surface area (Å²) in [5.74, 6) is 0.451. The first-order chi connectivity index (χ1) is 12.2. The van der Waals surface area contributed by atoms with E-state index in [-0.39, 0.29) is 5.91 Å². The van der Waals surface area contributed by atoms with Crippen LogP contribution in [0.25, 0.3) is 11.2 Å². The summed E-state index contributed by atoms with van der Waals surface area (Å²) in [5.41, 5.74) is 3.39. The number of piperidine rings is 1. The lowest BCUT2D eigenvalue weighted by Gasteiger charge is -2.31. The van der Waals surface area contributed by atoms with E-state index in [1.165, 1.54) is 0 Å². The number of halogens is 1. The summed E-state index contributed by atoms with van der Waals surface area (Å²) in [6.45, 7) is 1.46. The molecule has 1 aromatic carbocycles. The molecule has 0 spiro atoms. The fourth-order valence-electron chi connectivity index (χ4n) is 3.39. The van der Waals surface area contributed by atoms with Crippen LogP contribution in [0.3, 0.4) is 0 Å². The van der Waals surface area contributed by atoms with Gasteiger partial charge in [-0.25, -0.2) is 9.97 Å². The lowest BCUT2D eigenvalue weighted by molar-refractivity contribution is -0.131. The van der Waals surface area contributed by atoms with Gasteiger partial charge in [-0.2, -0.15) is 5.10 Å². The highest BCUT2D eigenvalue weighted by Gasteiger charge is 2.27. The highest BCUT2D eigenvalue weighted by atomic mass is 35.5. The second-order valence-corrected chi connectivity index (χ2v) is 6.70. The molecule has 0 saturated carbocycles. The van der Waals surface area contributed by atoms with E-state index in [0.29, 0.717) is 23.0 Å². The van der Waals surface area contributed by atoms with Crippen LogP contribution in [-0.2, 0) is 11.2 Å². The molecule has 7 heteroatoms. The topological polar surface area (TPSA) is 74.8 Å². The zero-order chi connectivity index (χ0) is 17.2. The van der Waals surface area contributed by atoms with E-state index >= 15 is 0 Å². The molecule has 0 unspecified atom stereocenters. The largest absolute Gasteiger partial charge is 0.342 e. The minimum atomic E-state index is 0.126. The van der Waals surface area contributed by atoms with Gasteiger partial charge in [-0.3, -0.25) is 9.89 Å². The number of fused-ring (bicyclic) bond motifs is 1. The zero-order valence-corrected chi connectivity index (χ0v) is 14.4. The van der Waals surface area contributed by atoms with Crippen molar-refractivity contribution in [2.45, 2.75) is 25.2 Å². The van der Waals surface area contributed by atoms with Crippen LogP contribution < -0.4 is 0 Å². The molecule has 6 nitrogen and oxygen atoms in total. The first kappa shape index (κ1) is 16.0. The molecule has 128 valence electrons. The molecule has 4 rings (SSSR count). The number of aromatic amines is 1. The van der Waals surface area contributed by atoms with E-state index in [1.807, 2.05) is 29.2 Å². The fraction of sp³-hybridized carbons (Fsp3) is 0.333. The molecule has 1 aliphatic rings. The highest BCUT2D eigenvalue weighted by molar-refractivity contribution is 6.31. The molecule has 1 amide bonds. The molecule has 3 aromatic rings. The second kappa shape index (κ2) is 6.80. The third kappa shape index (κ3) is 3.22. The van der Waals surface area contributed by atoms with Gasteiger partial charge in [0, 0.05) is 36.4 Å². The van der Waals surface area contributed by atoms with Crippen molar-refractivity contribution in [2.75, 3.05) is 13.1 Å². The predicted molar refractivity (Wildman–Crippen MR) is 95.4 cm³/mol. The molecule has 0 bridgehead atoms. The van der Waals surface area contributed by atoms with Gasteiger partial charge >= 0.3 is 0 Å². The van der Waals surface area contributed by atoms with Gasteiger partial charge in [0.05, 0.1) is 12.1 Å². The van der Waals surface area contributed by atoms with Crippen LogP contribution in [-0.4, -0.2) is 44.1 Å². The molecule has 1 saturated heterocycles. The van der Waals surface area contributed by atoms with E-state index in [1.54, 1.807) is 12.4 Å². The molecular formula is C18H18ClN5O. The van der Waals surface area contributed by atoms with Gasteiger partial charge < -0.3 is 4.90 Å². The van der Waals surface area contributed by atoms with E-state index < -0.39 is 0 Å². The smallest absolute Gasteiger partial charge is 0.227 e. The van der Waals surface area contributed by atoms with Gasteiger partial charge in [0.25, 0.3) is 0 Å². The number of hydrogen-bond acceptors (Lipinski definition) is 4. The number of benzene rings is 1. The van der Waals surface area contributed by atoms with E-state index in [0.717, 1.165) is 42.7 Å². The SMILES string of the molecule is O=C(Cc1ccccc1Cl)N1CCC(c2[nH]nc3nccnc23)CC1. The van der Waals surface area contributed by atoms with Crippen molar-refractivity contribution in [1.29, 1.82) is 0 Å². The third-order valence-electron chi connectivity index (χ3n) is 4.77. The van der Waals surface area contributed by atoms with Crippen LogP contribution in [0.1, 0.15) is 30.0 Å². The number of nitrogens with zero attached hydrogens (tertiary/aromatic N) is 4. The fourth-order valence-corrected chi connectivity index (χ4v) is 3.59. The lowest BCUT2D eigenvalue weighted by atomic mass is 9.92. The molecule has 1 aliphatic heterocycles. The monoisotopic (exact) mass is 355 g/mol. The standard InChI is InChI=1S/C18H18ClN5O/c19-14-4-2-1-3-13(14)11-15(25)24-9-5-12(6-10-24)16-17-18(23-22-16)21-8-7-20-17/h1-4,7-8,12H,5-6,9-11H2,(H,21,22,23). The Labute approximate surface area is 150 Å². The number of likely N-dealkylation sites (tertiary alicyclic amines) is 1. The van der Waals surface area contributed by atoms with Crippen molar-refractivity contribution >= 4 is 28.7 Å². The number of carbonyl (C=O) groups excluding carboxylic acids is 1. The number of rotatable bonds is 3. The number of H-pyrrole nitrogens is 1. The van der Waals surface area contributed by atoms with Gasteiger partial charge in [-0.15, -0.1) is 0 Å². The Kier molecular flexibility index (Phi) is 4.36. The molecule has 1 fully saturated rings. The second-order valence-electron chi connectivity index (χ2n) is 6.29. The molecule has 0 aliphatic carbocycles. The van der Waals surface area contributed by atoms with Gasteiger partial charge in [0.1, 0.15) is 5.52 Å². The maximum Gasteiger partial charge on any atom is 0.227 e. The Bertz CT molecular complexity index is 901. The predicted octanol–water partition coefficient (Wildman–Crippen LogP) is 2.96. The first-order valence-electron chi connectivity index (χ1n) is 8.38. The van der Waals surface area contributed by atoms with Gasteiger partial charge in [0.15, 0.2) is 5.65 Å². The normalized spacial score (nSPS) is 15.6. The minimum Gasteiger partial charge on any atom is -0.342 e. The summed E-state index contributed by atoms with van der Waals surface area (Å²) in [5, 5.41) is 7.95. The molecule has 1 N–H and O–H groups in total. The number of nitrogens with one attached hydrogen (secondary N) is 1. The summed E-state index contributed by atoms with van der Waals surface area (Å²) in [6.07, 6.45) is 5.46. The molecule has 2 aromatic heterocycles. The van der Waals surface area contributed by atoms with Crippen molar-refractivity contribution in [1.82, 2.24) is 25.1 Å². The van der Waals surface area contributed by atoms with E-state index in [4.69, 9.17) is 11.6 Å². The van der Waals surface area contributed by atoms with Crippen molar-refractivity contribution in [3.05, 3.63) is 52.9 Å². The Morgan fingerprint density at radius 1 is 1.20 bits per heavy atom. The molecule has 25 heavy (non-hydrogen) atoms. The van der Waals surface area contributed by atoms with E-state index in [2.05, 4.69) is 20.2 Å². The molecule has 0 atom stereocenters. The third-order valence-corrected chi connectivity index (χ3v) is 5.14. The van der Waals surface area contributed by atoms with Crippen molar-refractivity contribution < 1.29 is 4.79 Å². The molecular weight excluding hydrogens is 338 g/mol. The Morgan fingerprint density at radius 3 is 2.76 bits per heavy atom. The average molecular weight is 356 g/mol. The quantitative estimate of drug-likeness (QED) is 0.783. The number of carbonyl (C=O) groups is 1. The molecule has 3 heterocycles. The maximum atomic E-state index is 12.6. The summed E-state index contributed by atoms with van der Waals surface area (Å²) >= 11 is 6.16. The van der Waals surface area contributed by atoms with Crippen LogP contribution in [0.15, 0.2) is 36.7 Å². The highest BCUT2D eigenvalue weighted by Crippen LogP contribution is 2.30. The van der Waals surface area contributed by atoms with Gasteiger partial charge in [-0.05, 0) is 24.5 Å². The van der Waals surface area contributed by atoms with Crippen LogP contribution >= 0.6 is 11.6 Å². The average Bonchev–Trinajstić information content (AvgIpc) is 3.08. The summed E-state index contributed by atoms with van der Waals surface area (Å²) in [6, 6.07) is 7.51. The van der Waals surface area contributed by atoms with Crippen molar-refractivity contribution in [2.24, 2.45) is 0 Å². The van der Waals surface area contributed by atoms with Crippen LogP contribution in [0.4, 0.5) is 0 Å². The van der Waals surface area contributed by atoms with Crippen molar-refractivity contribution in [3.63, 3.8) is 0 Å². The number of aromatic nitrogens is 4. The maximum absolute atomic E-state index is 12.6. The van der Waals surface area contributed by atoms with E-state index in [9.17, 15) is 4.79 Å². The van der Waals surface area contributed by atoms with Gasteiger partial charge in [0.2, 0.25) is 5.91 Å². The van der Waals surface area contributed by atoms with Crippen LogP contribution in [0.2, 0.25) is 5.02 Å². The number of hydrogen-bond donors (Lipinski definition) is 1. The summed E-state index contributed by atoms with van der Waals surface area (Å²) in [7, 11) is 0. The van der Waals surface area contributed by atoms with Crippen LogP contribution in [0.5, 0.6) is 0 Å². The number of amides is 1. The minimum absolute atomic E-state index is 0.126. The molecule has 0 radical (unpaired) electrons.